The number of thiazole rings is 1. The number of aliphatic hydroxyl groups is 1. The molecule has 0 radical (unpaired) electrons. The summed E-state index contributed by atoms with van der Waals surface area (Å²) in [5.41, 5.74) is 1.95. The van der Waals surface area contributed by atoms with Gasteiger partial charge in [0, 0.05) is 16.6 Å². The van der Waals surface area contributed by atoms with E-state index in [9.17, 15) is 13.9 Å². The highest BCUT2D eigenvalue weighted by molar-refractivity contribution is 7.11. The van der Waals surface area contributed by atoms with Gasteiger partial charge in [-0.3, -0.25) is 5.41 Å². The summed E-state index contributed by atoms with van der Waals surface area (Å²) in [4.78, 5) is 6.07. The summed E-state index contributed by atoms with van der Waals surface area (Å²) < 4.78 is 31.8. The summed E-state index contributed by atoms with van der Waals surface area (Å²) in [6.07, 6.45) is 0. The first-order valence-electron chi connectivity index (χ1n) is 8.32. The lowest BCUT2D eigenvalue weighted by Crippen LogP contribution is -2.25. The van der Waals surface area contributed by atoms with E-state index in [-0.39, 0.29) is 18.1 Å². The number of ether oxygens (including phenoxy) is 1. The van der Waals surface area contributed by atoms with E-state index in [2.05, 4.69) is 4.98 Å². The first-order valence-corrected chi connectivity index (χ1v) is 9.20. The highest BCUT2D eigenvalue weighted by atomic mass is 32.1. The van der Waals surface area contributed by atoms with Crippen molar-refractivity contribution in [1.82, 2.24) is 4.98 Å². The SMILES string of the molecule is COc1ccc(N2CC(O)=C(c3nc(-c4ccc(F)c(F)c4)cs3)C2=N)cc1. The normalized spacial score (nSPS) is 14.1. The van der Waals surface area contributed by atoms with E-state index in [1.807, 2.05) is 0 Å². The third-order valence-corrected chi connectivity index (χ3v) is 5.28. The third-order valence-electron chi connectivity index (χ3n) is 4.42. The van der Waals surface area contributed by atoms with E-state index < -0.39 is 11.6 Å². The van der Waals surface area contributed by atoms with Crippen LogP contribution in [0.5, 0.6) is 5.75 Å². The Kier molecular flexibility index (Phi) is 4.56. The number of benzene rings is 2. The van der Waals surface area contributed by atoms with Crippen molar-refractivity contribution in [2.45, 2.75) is 0 Å². The van der Waals surface area contributed by atoms with E-state index in [4.69, 9.17) is 10.1 Å². The molecule has 2 aromatic carbocycles. The Balaban J connectivity index is 1.62. The molecule has 0 bridgehead atoms. The highest BCUT2D eigenvalue weighted by Gasteiger charge is 2.31. The molecule has 2 heterocycles. The number of hydrogen-bond donors (Lipinski definition) is 2. The molecule has 8 heteroatoms. The Labute approximate surface area is 163 Å². The fourth-order valence-corrected chi connectivity index (χ4v) is 3.86. The monoisotopic (exact) mass is 399 g/mol. The number of hydrogen-bond acceptors (Lipinski definition) is 5. The molecule has 1 aliphatic heterocycles. The van der Waals surface area contributed by atoms with Gasteiger partial charge in [0.15, 0.2) is 11.6 Å². The van der Waals surface area contributed by atoms with Crippen molar-refractivity contribution in [1.29, 1.82) is 5.41 Å². The molecule has 0 spiro atoms. The zero-order chi connectivity index (χ0) is 19.8. The van der Waals surface area contributed by atoms with Gasteiger partial charge >= 0.3 is 0 Å². The van der Waals surface area contributed by atoms with Crippen molar-refractivity contribution in [3.8, 4) is 17.0 Å². The topological polar surface area (TPSA) is 69.4 Å². The summed E-state index contributed by atoms with van der Waals surface area (Å²) in [6.45, 7) is 0.153. The van der Waals surface area contributed by atoms with Gasteiger partial charge in [-0.25, -0.2) is 13.8 Å². The van der Waals surface area contributed by atoms with Crippen molar-refractivity contribution in [3.05, 3.63) is 70.2 Å². The van der Waals surface area contributed by atoms with E-state index in [1.165, 1.54) is 17.4 Å². The first kappa shape index (κ1) is 18.1. The van der Waals surface area contributed by atoms with Crippen molar-refractivity contribution >= 4 is 28.4 Å². The summed E-state index contributed by atoms with van der Waals surface area (Å²) in [7, 11) is 1.57. The molecule has 0 saturated carbocycles. The second kappa shape index (κ2) is 7.05. The van der Waals surface area contributed by atoms with Crippen molar-refractivity contribution < 1.29 is 18.6 Å². The first-order chi connectivity index (χ1) is 13.5. The van der Waals surface area contributed by atoms with Gasteiger partial charge in [0.1, 0.15) is 22.4 Å². The number of rotatable bonds is 4. The molecule has 4 rings (SSSR count). The molecule has 0 saturated heterocycles. The molecule has 3 aromatic rings. The molecular formula is C20H15F2N3O2S. The predicted molar refractivity (Wildman–Crippen MR) is 105 cm³/mol. The van der Waals surface area contributed by atoms with Crippen LogP contribution in [0.4, 0.5) is 14.5 Å². The average Bonchev–Trinajstić information content (AvgIpc) is 3.28. The second-order valence-electron chi connectivity index (χ2n) is 6.12. The number of nitrogens with one attached hydrogen (secondary N) is 1. The molecule has 1 aliphatic rings. The van der Waals surface area contributed by atoms with Gasteiger partial charge in [-0.05, 0) is 42.5 Å². The van der Waals surface area contributed by atoms with Gasteiger partial charge in [0.2, 0.25) is 0 Å². The molecule has 0 unspecified atom stereocenters. The van der Waals surface area contributed by atoms with Crippen LogP contribution in [0.2, 0.25) is 0 Å². The van der Waals surface area contributed by atoms with Gasteiger partial charge in [-0.1, -0.05) is 0 Å². The fourth-order valence-electron chi connectivity index (χ4n) is 2.96. The molecular weight excluding hydrogens is 384 g/mol. The van der Waals surface area contributed by atoms with Gasteiger partial charge in [0.25, 0.3) is 0 Å². The van der Waals surface area contributed by atoms with Crippen LogP contribution in [0.3, 0.4) is 0 Å². The smallest absolute Gasteiger partial charge is 0.159 e. The molecule has 1 aromatic heterocycles. The van der Waals surface area contributed by atoms with Crippen molar-refractivity contribution in [2.75, 3.05) is 18.6 Å². The van der Waals surface area contributed by atoms with Crippen LogP contribution in [0.15, 0.2) is 53.6 Å². The quantitative estimate of drug-likeness (QED) is 0.657. The average molecular weight is 399 g/mol. The van der Waals surface area contributed by atoms with Crippen molar-refractivity contribution in [3.63, 3.8) is 0 Å². The molecule has 0 fully saturated rings. The predicted octanol–water partition coefficient (Wildman–Crippen LogP) is 4.86. The Morgan fingerprint density at radius 3 is 2.57 bits per heavy atom. The van der Waals surface area contributed by atoms with Crippen LogP contribution in [0.1, 0.15) is 5.01 Å². The molecule has 28 heavy (non-hydrogen) atoms. The number of anilines is 1. The summed E-state index contributed by atoms with van der Waals surface area (Å²) in [5.74, 6) is -1.02. The highest BCUT2D eigenvalue weighted by Crippen LogP contribution is 2.35. The lowest BCUT2D eigenvalue weighted by Gasteiger charge is -2.18. The number of nitrogens with zero attached hydrogens (tertiary/aromatic N) is 2. The Morgan fingerprint density at radius 1 is 1.14 bits per heavy atom. The van der Waals surface area contributed by atoms with E-state index >= 15 is 0 Å². The third kappa shape index (κ3) is 3.11. The van der Waals surface area contributed by atoms with Crippen LogP contribution in [-0.2, 0) is 0 Å². The molecule has 0 amide bonds. The van der Waals surface area contributed by atoms with Crippen LogP contribution in [-0.4, -0.2) is 29.6 Å². The minimum atomic E-state index is -0.951. The maximum atomic E-state index is 13.5. The zero-order valence-corrected chi connectivity index (χ0v) is 15.6. The maximum absolute atomic E-state index is 13.5. The van der Waals surface area contributed by atoms with Gasteiger partial charge in [-0.2, -0.15) is 0 Å². The number of aliphatic hydroxyl groups excluding tert-OH is 1. The largest absolute Gasteiger partial charge is 0.510 e. The second-order valence-corrected chi connectivity index (χ2v) is 6.98. The van der Waals surface area contributed by atoms with Crippen LogP contribution >= 0.6 is 11.3 Å². The standard InChI is InChI=1S/C20H15F2N3O2S/c1-27-13-5-3-12(4-6-13)25-9-17(26)18(19(25)23)20-24-16(10-28-20)11-2-7-14(21)15(22)8-11/h2-8,10,23,26H,9H2,1H3. The van der Waals surface area contributed by atoms with Crippen molar-refractivity contribution in [2.24, 2.45) is 0 Å². The summed E-state index contributed by atoms with van der Waals surface area (Å²) in [5, 5.41) is 21.0. The summed E-state index contributed by atoms with van der Waals surface area (Å²) >= 11 is 1.23. The summed E-state index contributed by atoms with van der Waals surface area (Å²) in [6, 6.07) is 10.7. The molecule has 0 aliphatic carbocycles. The van der Waals surface area contributed by atoms with Gasteiger partial charge < -0.3 is 14.7 Å². The lowest BCUT2D eigenvalue weighted by molar-refractivity contribution is 0.411. The fraction of sp³-hybridized carbons (Fsp3) is 0.100. The van der Waals surface area contributed by atoms with Crippen LogP contribution in [0.25, 0.3) is 16.8 Å². The molecule has 2 N–H and O–H groups in total. The Morgan fingerprint density at radius 2 is 1.89 bits per heavy atom. The van der Waals surface area contributed by atoms with E-state index in [0.717, 1.165) is 17.8 Å². The maximum Gasteiger partial charge on any atom is 0.159 e. The Bertz CT molecular complexity index is 1090. The van der Waals surface area contributed by atoms with Gasteiger partial charge in [-0.15, -0.1) is 11.3 Å². The Hall–Kier alpha value is -3.26. The number of aromatic nitrogens is 1. The lowest BCUT2D eigenvalue weighted by atomic mass is 10.1. The van der Waals surface area contributed by atoms with Gasteiger partial charge in [0.05, 0.1) is 24.9 Å². The number of amidine groups is 1. The zero-order valence-electron chi connectivity index (χ0n) is 14.7. The molecule has 5 nitrogen and oxygen atoms in total. The number of methoxy groups -OCH3 is 1. The van der Waals surface area contributed by atoms with Crippen LogP contribution < -0.4 is 9.64 Å². The molecule has 142 valence electrons. The molecule has 0 atom stereocenters. The van der Waals surface area contributed by atoms with Crippen LogP contribution in [0, 0.1) is 17.0 Å². The number of halogens is 2. The van der Waals surface area contributed by atoms with E-state index in [1.54, 1.807) is 41.7 Å². The minimum absolute atomic E-state index is 0.0343. The van der Waals surface area contributed by atoms with E-state index in [0.29, 0.717) is 27.6 Å². The minimum Gasteiger partial charge on any atom is -0.510 e.